The van der Waals surface area contributed by atoms with Crippen molar-refractivity contribution < 1.29 is 18.3 Å². The van der Waals surface area contributed by atoms with Crippen molar-refractivity contribution in [3.63, 3.8) is 0 Å². The summed E-state index contributed by atoms with van der Waals surface area (Å²) in [5.41, 5.74) is 7.07. The van der Waals surface area contributed by atoms with Crippen LogP contribution in [0.3, 0.4) is 0 Å². The summed E-state index contributed by atoms with van der Waals surface area (Å²) in [5.74, 6) is 3.56. The first-order chi connectivity index (χ1) is 15.8. The summed E-state index contributed by atoms with van der Waals surface area (Å²) < 4.78 is 32.0. The molecule has 8 nitrogen and oxygen atoms in total. The highest BCUT2D eigenvalue weighted by Gasteiger charge is 2.38. The summed E-state index contributed by atoms with van der Waals surface area (Å²) in [7, 11) is 1.54. The normalized spacial score (nSPS) is 15.9. The molecule has 3 heterocycles. The lowest BCUT2D eigenvalue weighted by molar-refractivity contribution is 0.0256. The van der Waals surface area contributed by atoms with Crippen LogP contribution in [-0.2, 0) is 4.74 Å². The molecule has 0 aromatic carbocycles. The van der Waals surface area contributed by atoms with E-state index in [4.69, 9.17) is 10.5 Å². The number of aromatic nitrogens is 3. The zero-order valence-corrected chi connectivity index (χ0v) is 18.2. The molecule has 1 aliphatic rings. The Hall–Kier alpha value is -4.13. The molecule has 4 N–H and O–H groups in total. The van der Waals surface area contributed by atoms with Crippen molar-refractivity contribution in [3.8, 4) is 11.8 Å². The molecular weight excluding hydrogens is 430 g/mol. The highest BCUT2D eigenvalue weighted by atomic mass is 19.3. The van der Waals surface area contributed by atoms with Crippen LogP contribution in [-0.4, -0.2) is 47.2 Å². The fourth-order valence-corrected chi connectivity index (χ4v) is 3.08. The molecule has 172 valence electrons. The summed E-state index contributed by atoms with van der Waals surface area (Å²) >= 11 is 0. The number of H-pyrrole nitrogens is 1. The Morgan fingerprint density at radius 1 is 1.39 bits per heavy atom. The van der Waals surface area contributed by atoms with Gasteiger partial charge in [0.1, 0.15) is 17.3 Å². The minimum Gasteiger partial charge on any atom is -0.497 e. The number of allylic oxidation sites excluding steroid dienone is 4. The molecule has 1 aliphatic heterocycles. The van der Waals surface area contributed by atoms with Crippen LogP contribution >= 0.6 is 0 Å². The number of hydrogen-bond donors (Lipinski definition) is 3. The number of hydrogen-bond acceptors (Lipinski definition) is 6. The third-order valence-corrected chi connectivity index (χ3v) is 4.75. The Labute approximate surface area is 190 Å². The van der Waals surface area contributed by atoms with E-state index in [0.29, 0.717) is 28.4 Å². The molecule has 1 saturated heterocycles. The van der Waals surface area contributed by atoms with Gasteiger partial charge < -0.3 is 20.7 Å². The van der Waals surface area contributed by atoms with E-state index in [0.717, 1.165) is 0 Å². The van der Waals surface area contributed by atoms with E-state index >= 15 is 0 Å². The molecule has 1 amide bonds. The average Bonchev–Trinajstić information content (AvgIpc) is 3.42. The fraction of sp³-hybridized carbons (Fsp3) is 0.261. The van der Waals surface area contributed by atoms with Crippen LogP contribution in [0.1, 0.15) is 29.4 Å². The van der Waals surface area contributed by atoms with Gasteiger partial charge in [0.05, 0.1) is 37.3 Å². The van der Waals surface area contributed by atoms with Gasteiger partial charge in [-0.2, -0.15) is 5.10 Å². The number of aromatic amines is 1. The second kappa shape index (κ2) is 10.5. The Morgan fingerprint density at radius 2 is 2.21 bits per heavy atom. The molecule has 0 bridgehead atoms. The smallest absolute Gasteiger partial charge is 0.275 e. The lowest BCUT2D eigenvalue weighted by Crippen LogP contribution is -2.25. The highest BCUT2D eigenvalue weighted by molar-refractivity contribution is 6.04. The highest BCUT2D eigenvalue weighted by Crippen LogP contribution is 2.30. The zero-order valence-electron chi connectivity index (χ0n) is 18.2. The monoisotopic (exact) mass is 454 g/mol. The zero-order chi connectivity index (χ0) is 23.8. The van der Waals surface area contributed by atoms with E-state index in [1.165, 1.54) is 30.6 Å². The number of nitrogens with zero attached hydrogens (tertiary/aromatic N) is 3. The van der Waals surface area contributed by atoms with E-state index in [2.05, 4.69) is 32.3 Å². The van der Waals surface area contributed by atoms with Gasteiger partial charge in [0.15, 0.2) is 0 Å². The first-order valence-electron chi connectivity index (χ1n) is 10.1. The minimum absolute atomic E-state index is 0.159. The number of nitrogens with two attached hydrogens (primary N) is 1. The quantitative estimate of drug-likeness (QED) is 0.351. The maximum absolute atomic E-state index is 13.4. The predicted octanol–water partition coefficient (Wildman–Crippen LogP) is 3.20. The second-order valence-electron chi connectivity index (χ2n) is 7.17. The molecule has 0 saturated carbocycles. The van der Waals surface area contributed by atoms with Crippen molar-refractivity contribution in [2.75, 3.05) is 30.4 Å². The van der Waals surface area contributed by atoms with Crippen LogP contribution in [0.4, 0.5) is 20.3 Å². The molecule has 0 radical (unpaired) electrons. The largest absolute Gasteiger partial charge is 0.497 e. The maximum Gasteiger partial charge on any atom is 0.275 e. The van der Waals surface area contributed by atoms with Gasteiger partial charge in [-0.1, -0.05) is 17.9 Å². The van der Waals surface area contributed by atoms with Gasteiger partial charge in [-0.3, -0.25) is 9.89 Å². The van der Waals surface area contributed by atoms with Crippen LogP contribution in [0.2, 0.25) is 0 Å². The summed E-state index contributed by atoms with van der Waals surface area (Å²) in [5, 5.41) is 9.21. The molecule has 33 heavy (non-hydrogen) atoms. The Kier molecular flexibility index (Phi) is 7.46. The maximum atomic E-state index is 13.4. The number of ether oxygens (including phenoxy) is 1. The molecular formula is C23H24F2N6O2. The third-order valence-electron chi connectivity index (χ3n) is 4.75. The van der Waals surface area contributed by atoms with E-state index < -0.39 is 11.8 Å². The van der Waals surface area contributed by atoms with Crippen LogP contribution in [0.5, 0.6) is 0 Å². The summed E-state index contributed by atoms with van der Waals surface area (Å²) in [4.78, 5) is 18.4. The van der Waals surface area contributed by atoms with Crippen LogP contribution in [0, 0.1) is 11.8 Å². The van der Waals surface area contributed by atoms with E-state index in [9.17, 15) is 13.6 Å². The molecule has 3 rings (SSSR count). The summed E-state index contributed by atoms with van der Waals surface area (Å²) in [6.45, 7) is 1.72. The molecule has 0 spiro atoms. The summed E-state index contributed by atoms with van der Waals surface area (Å²) in [6.07, 6.45) is 9.22. The first-order valence-corrected chi connectivity index (χ1v) is 10.1. The van der Waals surface area contributed by atoms with Gasteiger partial charge in [0.2, 0.25) is 0 Å². The van der Waals surface area contributed by atoms with Crippen molar-refractivity contribution >= 4 is 17.4 Å². The first kappa shape index (κ1) is 23.5. The second-order valence-corrected chi connectivity index (χ2v) is 7.17. The van der Waals surface area contributed by atoms with Gasteiger partial charge in [0, 0.05) is 24.7 Å². The van der Waals surface area contributed by atoms with Crippen molar-refractivity contribution in [2.45, 2.75) is 19.3 Å². The average molecular weight is 454 g/mol. The number of pyridine rings is 1. The number of halogens is 2. The van der Waals surface area contributed by atoms with E-state index in [1.807, 2.05) is 13.0 Å². The molecule has 2 aromatic heterocycles. The Bertz CT molecular complexity index is 1140. The van der Waals surface area contributed by atoms with Gasteiger partial charge in [-0.25, -0.2) is 13.8 Å². The molecule has 0 aliphatic carbocycles. The molecule has 0 unspecified atom stereocenters. The fourth-order valence-electron chi connectivity index (χ4n) is 3.08. The number of methoxy groups -OCH3 is 1. The van der Waals surface area contributed by atoms with E-state index in [1.54, 1.807) is 24.3 Å². The van der Waals surface area contributed by atoms with Crippen molar-refractivity contribution in [1.29, 1.82) is 0 Å². The number of nitrogens with one attached hydrogen (secondary N) is 2. The van der Waals surface area contributed by atoms with Crippen molar-refractivity contribution in [3.05, 3.63) is 71.5 Å². The Morgan fingerprint density at radius 3 is 2.82 bits per heavy atom. The van der Waals surface area contributed by atoms with Gasteiger partial charge in [-0.05, 0) is 31.2 Å². The predicted molar refractivity (Wildman–Crippen MR) is 122 cm³/mol. The van der Waals surface area contributed by atoms with Gasteiger partial charge >= 0.3 is 0 Å². The lowest BCUT2D eigenvalue weighted by Gasteiger charge is -2.17. The number of rotatable bonds is 6. The van der Waals surface area contributed by atoms with E-state index in [-0.39, 0.29) is 25.2 Å². The SMILES string of the molecule is C/C=C/C(=C\C(C#Cc1cn[nH]c1C(=O)Nc1ccc(N2CCC(F)(F)C2)nc1)=C/N)OC. The molecule has 1 fully saturated rings. The van der Waals surface area contributed by atoms with Gasteiger partial charge in [0.25, 0.3) is 11.8 Å². The van der Waals surface area contributed by atoms with Crippen molar-refractivity contribution in [1.82, 2.24) is 15.2 Å². The number of amides is 1. The van der Waals surface area contributed by atoms with Crippen molar-refractivity contribution in [2.24, 2.45) is 5.73 Å². The lowest BCUT2D eigenvalue weighted by atomic mass is 10.2. The number of anilines is 2. The number of alkyl halides is 2. The number of carbonyl (C=O) groups excluding carboxylic acids is 1. The molecule has 10 heteroatoms. The standard InChI is InChI=1S/C23H24F2N6O2/c1-3-4-19(33-2)11-16(12-26)5-6-17-13-28-30-21(17)22(32)29-18-7-8-20(27-14-18)31-10-9-23(24,25)15-31/h3-4,7-8,11-14H,9-10,15,26H2,1-2H3,(H,28,30)(H,29,32)/b4-3+,16-12-,19-11+. The topological polar surface area (TPSA) is 109 Å². The van der Waals surface area contributed by atoms with Crippen LogP contribution in [0.25, 0.3) is 0 Å². The minimum atomic E-state index is -2.71. The van der Waals surface area contributed by atoms with Crippen LogP contribution in [0.15, 0.2) is 60.3 Å². The number of carbonyl (C=O) groups is 1. The van der Waals surface area contributed by atoms with Crippen LogP contribution < -0.4 is 16.0 Å². The molecule has 0 atom stereocenters. The Balaban J connectivity index is 1.70. The summed E-state index contributed by atoms with van der Waals surface area (Å²) in [6, 6.07) is 3.19. The van der Waals surface area contributed by atoms with Gasteiger partial charge in [-0.15, -0.1) is 0 Å². The third kappa shape index (κ3) is 6.20. The molecule has 2 aromatic rings.